The van der Waals surface area contributed by atoms with E-state index in [1.807, 2.05) is 0 Å². The summed E-state index contributed by atoms with van der Waals surface area (Å²) in [5.41, 5.74) is 5.26. The number of aromatic carboxylic acids is 2. The van der Waals surface area contributed by atoms with Crippen LogP contribution >= 0.6 is 0 Å². The first kappa shape index (κ1) is 10.5. The van der Waals surface area contributed by atoms with Crippen LogP contribution in [-0.2, 0) is 0 Å². The van der Waals surface area contributed by atoms with E-state index in [-0.39, 0.29) is 5.69 Å². The summed E-state index contributed by atoms with van der Waals surface area (Å²) < 4.78 is 0. The maximum absolute atomic E-state index is 10.5. The van der Waals surface area contributed by atoms with Gasteiger partial charge in [-0.05, 0) is 6.07 Å². The minimum absolute atomic E-state index is 0.0865. The Hall–Kier alpha value is -2.60. The second-order valence-corrected chi connectivity index (χ2v) is 2.39. The van der Waals surface area contributed by atoms with Crippen LogP contribution in [0.4, 0.5) is 5.69 Å². The normalized spacial score (nSPS) is 9.07. The molecular weight excluding hydrogens is 204 g/mol. The number of carboxylic acid groups (broad SMARTS) is 2. The van der Waals surface area contributed by atoms with Gasteiger partial charge in [-0.1, -0.05) is 0 Å². The molecule has 0 aliphatic heterocycles. The summed E-state index contributed by atoms with van der Waals surface area (Å²) in [5.74, 6) is -3.03. The third kappa shape index (κ3) is 2.42. The second kappa shape index (κ2) is 4.07. The molecule has 0 saturated heterocycles. The molecule has 2 N–H and O–H groups in total. The second-order valence-electron chi connectivity index (χ2n) is 2.39. The molecule has 1 aromatic rings. The number of hydrogen-bond donors (Lipinski definition) is 2. The van der Waals surface area contributed by atoms with Crippen molar-refractivity contribution < 1.29 is 19.8 Å². The number of nitrogens with one attached hydrogen (secondary N) is 1. The average Bonchev–Trinajstić information content (AvgIpc) is 2.17. The predicted octanol–water partition coefficient (Wildman–Crippen LogP) is -0.675. The molecular formula is C7H4N4O4. The van der Waals surface area contributed by atoms with Gasteiger partial charge < -0.3 is 15.0 Å². The first-order valence-corrected chi connectivity index (χ1v) is 3.59. The van der Waals surface area contributed by atoms with Gasteiger partial charge in [0, 0.05) is 6.07 Å². The Morgan fingerprint density at radius 2 is 2.07 bits per heavy atom. The molecule has 0 unspecified atom stereocenters. The maximum atomic E-state index is 10.5. The lowest BCUT2D eigenvalue weighted by molar-refractivity contribution is -0.255. The SMILES string of the molecule is N=[N+]=Nc1cc(C(=O)[O-])nc(C(=O)O)c1. The summed E-state index contributed by atoms with van der Waals surface area (Å²) in [5, 5.41) is 22.2. The Bertz CT molecular complexity index is 415. The highest BCUT2D eigenvalue weighted by Gasteiger charge is 2.11. The van der Waals surface area contributed by atoms with E-state index in [1.165, 1.54) is 0 Å². The Kier molecular flexibility index (Phi) is 2.85. The summed E-state index contributed by atoms with van der Waals surface area (Å²) in [6.07, 6.45) is 0. The third-order valence-electron chi connectivity index (χ3n) is 1.40. The Morgan fingerprint density at radius 3 is 2.53 bits per heavy atom. The van der Waals surface area contributed by atoms with Crippen LogP contribution in [0.15, 0.2) is 17.2 Å². The maximum Gasteiger partial charge on any atom is 0.354 e. The van der Waals surface area contributed by atoms with E-state index in [0.717, 1.165) is 12.1 Å². The molecule has 8 heteroatoms. The summed E-state index contributed by atoms with van der Waals surface area (Å²) in [6, 6.07) is 1.95. The minimum Gasteiger partial charge on any atom is -0.543 e. The molecule has 0 aromatic carbocycles. The van der Waals surface area contributed by atoms with Crippen LogP contribution in [0.1, 0.15) is 21.0 Å². The first-order valence-electron chi connectivity index (χ1n) is 3.59. The fourth-order valence-electron chi connectivity index (χ4n) is 0.846. The van der Waals surface area contributed by atoms with Gasteiger partial charge in [0.15, 0.2) is 16.5 Å². The van der Waals surface area contributed by atoms with Gasteiger partial charge in [0.1, 0.15) is 5.53 Å². The van der Waals surface area contributed by atoms with Crippen molar-refractivity contribution in [1.29, 1.82) is 5.53 Å². The van der Waals surface area contributed by atoms with Crippen LogP contribution in [0.5, 0.6) is 0 Å². The van der Waals surface area contributed by atoms with E-state index < -0.39 is 23.3 Å². The molecule has 1 heterocycles. The molecule has 1 aromatic heterocycles. The van der Waals surface area contributed by atoms with Crippen LogP contribution in [0, 0.1) is 5.53 Å². The predicted molar refractivity (Wildman–Crippen MR) is 42.5 cm³/mol. The number of pyridine rings is 1. The van der Waals surface area contributed by atoms with Crippen molar-refractivity contribution in [3.05, 3.63) is 23.5 Å². The van der Waals surface area contributed by atoms with Crippen molar-refractivity contribution in [2.24, 2.45) is 5.11 Å². The Balaban J connectivity index is 3.38. The van der Waals surface area contributed by atoms with Crippen LogP contribution in [0.25, 0.3) is 0 Å². The molecule has 0 spiro atoms. The lowest BCUT2D eigenvalue weighted by Crippen LogP contribution is -2.24. The summed E-state index contributed by atoms with van der Waals surface area (Å²) >= 11 is 0. The van der Waals surface area contributed by atoms with E-state index >= 15 is 0 Å². The van der Waals surface area contributed by atoms with E-state index in [4.69, 9.17) is 10.6 Å². The number of nitrogens with zero attached hydrogens (tertiary/aromatic N) is 3. The average molecular weight is 208 g/mol. The zero-order chi connectivity index (χ0) is 11.4. The molecule has 0 fully saturated rings. The molecule has 0 atom stereocenters. The zero-order valence-electron chi connectivity index (χ0n) is 7.17. The van der Waals surface area contributed by atoms with Crippen molar-refractivity contribution >= 4 is 17.6 Å². The molecule has 0 saturated carbocycles. The van der Waals surface area contributed by atoms with Gasteiger partial charge in [-0.3, -0.25) is 0 Å². The molecule has 15 heavy (non-hydrogen) atoms. The Morgan fingerprint density at radius 1 is 1.47 bits per heavy atom. The quantitative estimate of drug-likeness (QED) is 0.500. The highest BCUT2D eigenvalue weighted by atomic mass is 16.4. The van der Waals surface area contributed by atoms with E-state index in [0.29, 0.717) is 0 Å². The fourth-order valence-corrected chi connectivity index (χ4v) is 0.846. The van der Waals surface area contributed by atoms with Crippen molar-refractivity contribution in [2.45, 2.75) is 0 Å². The molecule has 0 amide bonds. The minimum atomic E-state index is -1.63. The number of carbonyl (C=O) groups is 2. The molecule has 0 aliphatic rings. The largest absolute Gasteiger partial charge is 0.543 e. The molecule has 1 rings (SSSR count). The van der Waals surface area contributed by atoms with E-state index in [9.17, 15) is 14.7 Å². The van der Waals surface area contributed by atoms with Crippen LogP contribution in [0.3, 0.4) is 0 Å². The number of carboxylic acids is 2. The topological polar surface area (TPSA) is 141 Å². The first-order chi connectivity index (χ1) is 7.04. The van der Waals surface area contributed by atoms with E-state index in [2.05, 4.69) is 15.0 Å². The number of hydrogen-bond acceptors (Lipinski definition) is 6. The van der Waals surface area contributed by atoms with Gasteiger partial charge in [0.2, 0.25) is 4.91 Å². The molecule has 0 radical (unpaired) electrons. The standard InChI is InChI=1S/C7H4N4O4/c8-11-10-3-1-4(6(12)13)9-5(2-3)7(14)15/h1-2,8H,(H-,12,13,14,15). The zero-order valence-corrected chi connectivity index (χ0v) is 7.17. The molecule has 76 valence electrons. The van der Waals surface area contributed by atoms with Crippen LogP contribution < -0.4 is 10.0 Å². The van der Waals surface area contributed by atoms with Crippen molar-refractivity contribution in [1.82, 2.24) is 9.90 Å². The fraction of sp³-hybridized carbons (Fsp3) is 0. The number of rotatable bonds is 3. The summed E-state index contributed by atoms with van der Waals surface area (Å²) in [4.78, 5) is 26.9. The Labute approximate surface area is 82.4 Å². The van der Waals surface area contributed by atoms with Gasteiger partial charge in [0.05, 0.1) is 11.7 Å². The van der Waals surface area contributed by atoms with Gasteiger partial charge in [-0.15, -0.1) is 0 Å². The van der Waals surface area contributed by atoms with Gasteiger partial charge in [0.25, 0.3) is 0 Å². The van der Waals surface area contributed by atoms with Crippen molar-refractivity contribution in [3.63, 3.8) is 0 Å². The summed E-state index contributed by atoms with van der Waals surface area (Å²) in [7, 11) is 0. The lowest BCUT2D eigenvalue weighted by Gasteiger charge is -2.01. The van der Waals surface area contributed by atoms with Crippen molar-refractivity contribution in [3.8, 4) is 0 Å². The number of carbonyl (C=O) groups excluding carboxylic acids is 1. The smallest absolute Gasteiger partial charge is 0.354 e. The monoisotopic (exact) mass is 208 g/mol. The highest BCUT2D eigenvalue weighted by molar-refractivity contribution is 5.90. The molecule has 0 bridgehead atoms. The van der Waals surface area contributed by atoms with E-state index in [1.54, 1.807) is 0 Å². The lowest BCUT2D eigenvalue weighted by atomic mass is 10.2. The summed E-state index contributed by atoms with van der Waals surface area (Å²) in [6.45, 7) is 0. The van der Waals surface area contributed by atoms with Gasteiger partial charge in [-0.2, -0.15) is 0 Å². The van der Waals surface area contributed by atoms with Crippen LogP contribution in [-0.4, -0.2) is 22.0 Å². The molecule has 8 nitrogen and oxygen atoms in total. The molecule has 0 aliphatic carbocycles. The third-order valence-corrected chi connectivity index (χ3v) is 1.40. The number of aromatic nitrogens is 1. The highest BCUT2D eigenvalue weighted by Crippen LogP contribution is 2.14. The van der Waals surface area contributed by atoms with Crippen molar-refractivity contribution in [2.75, 3.05) is 0 Å². The van der Waals surface area contributed by atoms with Gasteiger partial charge in [-0.25, -0.2) is 9.78 Å². The van der Waals surface area contributed by atoms with Gasteiger partial charge >= 0.3 is 5.97 Å². The van der Waals surface area contributed by atoms with Crippen LogP contribution in [0.2, 0.25) is 0 Å².